The zero-order chi connectivity index (χ0) is 13.3. The summed E-state index contributed by atoms with van der Waals surface area (Å²) >= 11 is 0. The molecule has 0 aliphatic heterocycles. The quantitative estimate of drug-likeness (QED) is 0.843. The van der Waals surface area contributed by atoms with Crippen LogP contribution in [-0.2, 0) is 0 Å². The topological polar surface area (TPSA) is 57.8 Å². The van der Waals surface area contributed by atoms with Crippen molar-refractivity contribution < 1.29 is 18.0 Å². The van der Waals surface area contributed by atoms with Crippen LogP contribution in [0.25, 0.3) is 0 Å². The highest BCUT2D eigenvalue weighted by Gasteiger charge is 2.47. The highest BCUT2D eigenvalue weighted by atomic mass is 19.4. The molecule has 0 fully saturated rings. The summed E-state index contributed by atoms with van der Waals surface area (Å²) in [5.74, 6) is -0.820. The summed E-state index contributed by atoms with van der Waals surface area (Å²) in [6, 6.07) is -0.600. The van der Waals surface area contributed by atoms with E-state index in [-0.39, 0.29) is 5.69 Å². The van der Waals surface area contributed by atoms with Gasteiger partial charge in [0.25, 0.3) is 5.91 Å². The van der Waals surface area contributed by atoms with Crippen LogP contribution in [0.4, 0.5) is 13.2 Å². The van der Waals surface area contributed by atoms with Gasteiger partial charge in [-0.25, -0.2) is 0 Å². The summed E-state index contributed by atoms with van der Waals surface area (Å²) in [6.07, 6.45) is -3.19. The van der Waals surface area contributed by atoms with Crippen LogP contribution in [0.5, 0.6) is 0 Å². The predicted octanol–water partition coefficient (Wildman–Crippen LogP) is 2.12. The van der Waals surface area contributed by atoms with E-state index in [1.807, 2.05) is 5.32 Å². The second-order valence-corrected chi connectivity index (χ2v) is 4.78. The summed E-state index contributed by atoms with van der Waals surface area (Å²) in [7, 11) is 0. The van der Waals surface area contributed by atoms with Gasteiger partial charge in [0.2, 0.25) is 0 Å². The average Bonchev–Trinajstić information content (AvgIpc) is 2.62. The van der Waals surface area contributed by atoms with Crippen LogP contribution in [0.3, 0.4) is 0 Å². The first-order chi connectivity index (χ1) is 7.62. The largest absolute Gasteiger partial charge is 0.409 e. The lowest BCUT2D eigenvalue weighted by Gasteiger charge is -2.32. The van der Waals surface area contributed by atoms with Crippen molar-refractivity contribution >= 4 is 5.91 Å². The molecule has 0 saturated heterocycles. The van der Waals surface area contributed by atoms with Gasteiger partial charge in [-0.1, -0.05) is 20.8 Å². The number of amides is 1. The van der Waals surface area contributed by atoms with E-state index in [0.29, 0.717) is 0 Å². The lowest BCUT2D eigenvalue weighted by molar-refractivity contribution is -0.174. The van der Waals surface area contributed by atoms with Gasteiger partial charge in [0.05, 0.1) is 0 Å². The van der Waals surface area contributed by atoms with Crippen molar-refractivity contribution in [1.82, 2.24) is 15.5 Å². The molecule has 4 nitrogen and oxygen atoms in total. The van der Waals surface area contributed by atoms with Crippen LogP contribution in [0.15, 0.2) is 12.3 Å². The SMILES string of the molecule is CC(C)(C)[C@@H](NC(=O)c1ccn[nH]1)C(F)(F)F. The molecule has 0 bridgehead atoms. The predicted molar refractivity (Wildman–Crippen MR) is 55.4 cm³/mol. The number of nitrogens with one attached hydrogen (secondary N) is 2. The maximum Gasteiger partial charge on any atom is 0.409 e. The number of H-pyrrole nitrogens is 1. The number of carbonyl (C=O) groups is 1. The van der Waals surface area contributed by atoms with E-state index < -0.39 is 23.5 Å². The van der Waals surface area contributed by atoms with Gasteiger partial charge in [-0.15, -0.1) is 0 Å². The first-order valence-electron chi connectivity index (χ1n) is 4.99. The van der Waals surface area contributed by atoms with Crippen LogP contribution < -0.4 is 5.32 Å². The summed E-state index contributed by atoms with van der Waals surface area (Å²) in [5, 5.41) is 7.79. The van der Waals surface area contributed by atoms with Crippen molar-refractivity contribution in [3.63, 3.8) is 0 Å². The Hall–Kier alpha value is -1.53. The molecule has 96 valence electrons. The Morgan fingerprint density at radius 3 is 2.35 bits per heavy atom. The van der Waals surface area contributed by atoms with Crippen LogP contribution in [0.1, 0.15) is 31.3 Å². The summed E-state index contributed by atoms with van der Waals surface area (Å²) < 4.78 is 38.3. The van der Waals surface area contributed by atoms with E-state index in [1.54, 1.807) is 0 Å². The van der Waals surface area contributed by atoms with Gasteiger partial charge >= 0.3 is 6.18 Å². The van der Waals surface area contributed by atoms with Crippen molar-refractivity contribution in [2.75, 3.05) is 0 Å². The van der Waals surface area contributed by atoms with Crippen molar-refractivity contribution in [3.05, 3.63) is 18.0 Å². The second-order valence-electron chi connectivity index (χ2n) is 4.78. The van der Waals surface area contributed by atoms with Gasteiger partial charge in [-0.2, -0.15) is 18.3 Å². The number of aromatic nitrogens is 2. The molecule has 1 amide bonds. The molecule has 0 aromatic carbocycles. The molecule has 0 spiro atoms. The zero-order valence-electron chi connectivity index (χ0n) is 9.72. The van der Waals surface area contributed by atoms with Crippen LogP contribution >= 0.6 is 0 Å². The molecule has 0 aliphatic carbocycles. The average molecular weight is 249 g/mol. The van der Waals surface area contributed by atoms with E-state index in [1.165, 1.54) is 33.0 Å². The van der Waals surface area contributed by atoms with Gasteiger partial charge in [0.1, 0.15) is 11.7 Å². The standard InChI is InChI=1S/C10H14F3N3O/c1-9(2,3)8(10(11,12)13)15-7(17)6-4-5-14-16-6/h4-5,8H,1-3H3,(H,14,16)(H,15,17)/t8-/m1/s1. The Kier molecular flexibility index (Phi) is 3.49. The Morgan fingerprint density at radius 1 is 1.41 bits per heavy atom. The Bertz CT molecular complexity index is 364. The molecule has 2 N–H and O–H groups in total. The third-order valence-corrected chi connectivity index (χ3v) is 2.21. The fourth-order valence-corrected chi connectivity index (χ4v) is 1.38. The number of carbonyl (C=O) groups excluding carboxylic acids is 1. The lowest BCUT2D eigenvalue weighted by atomic mass is 9.86. The molecular formula is C10H14F3N3O. The number of rotatable bonds is 2. The number of nitrogens with zero attached hydrogens (tertiary/aromatic N) is 1. The third-order valence-electron chi connectivity index (χ3n) is 2.21. The highest BCUT2D eigenvalue weighted by Crippen LogP contribution is 2.33. The number of aromatic amines is 1. The van der Waals surface area contributed by atoms with E-state index >= 15 is 0 Å². The maximum atomic E-state index is 12.8. The highest BCUT2D eigenvalue weighted by molar-refractivity contribution is 5.92. The van der Waals surface area contributed by atoms with Gasteiger partial charge in [-0.05, 0) is 11.5 Å². The summed E-state index contributed by atoms with van der Waals surface area (Å²) in [4.78, 5) is 11.5. The van der Waals surface area contributed by atoms with E-state index in [2.05, 4.69) is 10.2 Å². The molecular weight excluding hydrogens is 235 g/mol. The zero-order valence-corrected chi connectivity index (χ0v) is 9.72. The molecule has 17 heavy (non-hydrogen) atoms. The first-order valence-corrected chi connectivity index (χ1v) is 4.99. The number of hydrogen-bond donors (Lipinski definition) is 2. The molecule has 0 radical (unpaired) electrons. The molecule has 1 heterocycles. The normalized spacial score (nSPS) is 14.5. The van der Waals surface area contributed by atoms with Gasteiger partial charge in [-0.3, -0.25) is 9.89 Å². The van der Waals surface area contributed by atoms with Crippen LogP contribution in [-0.4, -0.2) is 28.3 Å². The molecule has 0 unspecified atom stereocenters. The second kappa shape index (κ2) is 4.38. The van der Waals surface area contributed by atoms with E-state index in [0.717, 1.165) is 0 Å². The molecule has 1 rings (SSSR count). The molecule has 0 aliphatic rings. The molecule has 7 heteroatoms. The summed E-state index contributed by atoms with van der Waals surface area (Å²) in [5.41, 5.74) is -1.11. The fraction of sp³-hybridized carbons (Fsp3) is 0.600. The minimum Gasteiger partial charge on any atom is -0.339 e. The molecule has 1 atom stereocenters. The summed E-state index contributed by atoms with van der Waals surface area (Å²) in [6.45, 7) is 4.25. The number of halogens is 3. The molecule has 1 aromatic heterocycles. The third kappa shape index (κ3) is 3.47. The smallest absolute Gasteiger partial charge is 0.339 e. The van der Waals surface area contributed by atoms with Gasteiger partial charge in [0.15, 0.2) is 0 Å². The Labute approximate surface area is 96.6 Å². The lowest BCUT2D eigenvalue weighted by Crippen LogP contribution is -2.53. The van der Waals surface area contributed by atoms with Crippen molar-refractivity contribution in [2.45, 2.75) is 33.0 Å². The molecule has 1 aromatic rings. The van der Waals surface area contributed by atoms with Gasteiger partial charge in [0, 0.05) is 6.20 Å². The Balaban J connectivity index is 2.85. The van der Waals surface area contributed by atoms with Crippen molar-refractivity contribution in [2.24, 2.45) is 5.41 Å². The number of alkyl halides is 3. The number of hydrogen-bond acceptors (Lipinski definition) is 2. The van der Waals surface area contributed by atoms with E-state index in [4.69, 9.17) is 0 Å². The maximum absolute atomic E-state index is 12.8. The fourth-order valence-electron chi connectivity index (χ4n) is 1.38. The monoisotopic (exact) mass is 249 g/mol. The van der Waals surface area contributed by atoms with Crippen molar-refractivity contribution in [1.29, 1.82) is 0 Å². The minimum atomic E-state index is -4.49. The minimum absolute atomic E-state index is 0.00324. The first kappa shape index (κ1) is 13.5. The van der Waals surface area contributed by atoms with Crippen molar-refractivity contribution in [3.8, 4) is 0 Å². The Morgan fingerprint density at radius 2 is 2.00 bits per heavy atom. The van der Waals surface area contributed by atoms with Gasteiger partial charge < -0.3 is 5.32 Å². The van der Waals surface area contributed by atoms with E-state index in [9.17, 15) is 18.0 Å². The van der Waals surface area contributed by atoms with Crippen LogP contribution in [0, 0.1) is 5.41 Å². The van der Waals surface area contributed by atoms with Crippen LogP contribution in [0.2, 0.25) is 0 Å². The molecule has 0 saturated carbocycles.